The highest BCUT2D eigenvalue weighted by atomic mass is 32.1. The van der Waals surface area contributed by atoms with Crippen LogP contribution in [0.2, 0.25) is 0 Å². The molecule has 3 heteroatoms. The van der Waals surface area contributed by atoms with Crippen molar-refractivity contribution in [1.29, 1.82) is 0 Å². The zero-order valence-corrected chi connectivity index (χ0v) is 10.8. The van der Waals surface area contributed by atoms with Gasteiger partial charge in [0.1, 0.15) is 0 Å². The largest absolute Gasteiger partial charge is 0.330 e. The van der Waals surface area contributed by atoms with E-state index in [2.05, 4.69) is 43.3 Å². The fourth-order valence-electron chi connectivity index (χ4n) is 1.48. The molecule has 1 aromatic rings. The fourth-order valence-corrected chi connectivity index (χ4v) is 2.33. The Hall–Kier alpha value is -0.380. The average molecular weight is 226 g/mol. The molecule has 0 amide bonds. The predicted octanol–water partition coefficient (Wildman–Crippen LogP) is 2.73. The van der Waals surface area contributed by atoms with Gasteiger partial charge >= 0.3 is 0 Å². The maximum atomic E-state index is 5.61. The Morgan fingerprint density at radius 2 is 2.20 bits per heavy atom. The number of rotatable bonds is 6. The number of nitrogens with zero attached hydrogens (tertiary/aromatic N) is 1. The van der Waals surface area contributed by atoms with Crippen molar-refractivity contribution in [3.8, 4) is 0 Å². The van der Waals surface area contributed by atoms with Crippen LogP contribution in [-0.2, 0) is 0 Å². The van der Waals surface area contributed by atoms with Crippen LogP contribution in [0.4, 0.5) is 0 Å². The third kappa shape index (κ3) is 3.93. The molecule has 2 nitrogen and oxygen atoms in total. The molecule has 0 spiro atoms. The minimum absolute atomic E-state index is 0.523. The summed E-state index contributed by atoms with van der Waals surface area (Å²) < 4.78 is 0. The van der Waals surface area contributed by atoms with E-state index in [1.54, 1.807) is 0 Å². The van der Waals surface area contributed by atoms with Crippen molar-refractivity contribution >= 4 is 11.3 Å². The van der Waals surface area contributed by atoms with Gasteiger partial charge < -0.3 is 5.73 Å². The third-order valence-corrected chi connectivity index (χ3v) is 4.04. The van der Waals surface area contributed by atoms with Gasteiger partial charge in [0.25, 0.3) is 0 Å². The Labute approximate surface area is 97.1 Å². The van der Waals surface area contributed by atoms with Crippen LogP contribution in [0.15, 0.2) is 17.5 Å². The fraction of sp³-hybridized carbons (Fsp3) is 0.667. The highest BCUT2D eigenvalue weighted by Gasteiger charge is 2.12. The summed E-state index contributed by atoms with van der Waals surface area (Å²) in [6.45, 7) is 6.39. The molecule has 0 bridgehead atoms. The molecule has 2 unspecified atom stereocenters. The molecule has 0 aliphatic rings. The summed E-state index contributed by atoms with van der Waals surface area (Å²) in [6.07, 6.45) is 1.18. The van der Waals surface area contributed by atoms with Gasteiger partial charge in [-0.25, -0.2) is 0 Å². The lowest BCUT2D eigenvalue weighted by atomic mass is 10.1. The van der Waals surface area contributed by atoms with E-state index >= 15 is 0 Å². The first kappa shape index (κ1) is 12.7. The summed E-state index contributed by atoms with van der Waals surface area (Å²) in [6, 6.07) is 4.85. The van der Waals surface area contributed by atoms with Gasteiger partial charge in [-0.2, -0.15) is 0 Å². The van der Waals surface area contributed by atoms with Crippen LogP contribution >= 0.6 is 11.3 Å². The van der Waals surface area contributed by atoms with Gasteiger partial charge in [0.05, 0.1) is 0 Å². The van der Waals surface area contributed by atoms with Crippen LogP contribution in [0.3, 0.4) is 0 Å². The smallest absolute Gasteiger partial charge is 0.0410 e. The van der Waals surface area contributed by atoms with Crippen molar-refractivity contribution < 1.29 is 0 Å². The van der Waals surface area contributed by atoms with E-state index in [1.807, 2.05) is 11.3 Å². The predicted molar refractivity (Wildman–Crippen MR) is 68.2 cm³/mol. The van der Waals surface area contributed by atoms with E-state index in [9.17, 15) is 0 Å². The second-order valence-electron chi connectivity index (χ2n) is 4.30. The Balaban J connectivity index is 2.37. The van der Waals surface area contributed by atoms with Crippen LogP contribution in [-0.4, -0.2) is 25.0 Å². The van der Waals surface area contributed by atoms with Crippen molar-refractivity contribution in [3.05, 3.63) is 22.4 Å². The monoisotopic (exact) mass is 226 g/mol. The van der Waals surface area contributed by atoms with Crippen LogP contribution in [0.25, 0.3) is 0 Å². The molecule has 1 heterocycles. The van der Waals surface area contributed by atoms with Crippen molar-refractivity contribution in [2.75, 3.05) is 20.1 Å². The summed E-state index contributed by atoms with van der Waals surface area (Å²) >= 11 is 1.83. The van der Waals surface area contributed by atoms with Crippen LogP contribution < -0.4 is 5.73 Å². The number of hydrogen-bond donors (Lipinski definition) is 1. The minimum atomic E-state index is 0.523. The lowest BCUT2D eigenvalue weighted by Gasteiger charge is -2.24. The Morgan fingerprint density at radius 3 is 2.73 bits per heavy atom. The minimum Gasteiger partial charge on any atom is -0.330 e. The molecular weight excluding hydrogens is 204 g/mol. The van der Waals surface area contributed by atoms with Gasteiger partial charge in [0, 0.05) is 10.9 Å². The van der Waals surface area contributed by atoms with E-state index in [-0.39, 0.29) is 0 Å². The zero-order valence-electron chi connectivity index (χ0n) is 9.94. The molecule has 2 N–H and O–H groups in total. The maximum absolute atomic E-state index is 5.61. The molecule has 1 rings (SSSR count). The Bertz CT molecular complexity index is 259. The average Bonchev–Trinajstić information content (AvgIpc) is 2.77. The summed E-state index contributed by atoms with van der Waals surface area (Å²) in [5, 5.41) is 2.14. The van der Waals surface area contributed by atoms with E-state index in [1.165, 1.54) is 11.3 Å². The van der Waals surface area contributed by atoms with E-state index in [4.69, 9.17) is 5.73 Å². The van der Waals surface area contributed by atoms with Crippen LogP contribution in [0.5, 0.6) is 0 Å². The topological polar surface area (TPSA) is 29.3 Å². The molecule has 1 aromatic heterocycles. The van der Waals surface area contributed by atoms with Gasteiger partial charge in [-0.15, -0.1) is 11.3 Å². The number of nitrogens with two attached hydrogens (primary N) is 1. The highest BCUT2D eigenvalue weighted by molar-refractivity contribution is 7.10. The van der Waals surface area contributed by atoms with Gasteiger partial charge in [0.15, 0.2) is 0 Å². The standard InChI is InChI=1S/C12H22N2S/c1-10(9-13)6-7-14(3)11(2)12-5-4-8-15-12/h4-5,8,10-11H,6-7,9,13H2,1-3H3. The summed E-state index contributed by atoms with van der Waals surface area (Å²) in [7, 11) is 2.19. The molecule has 0 aliphatic heterocycles. The van der Waals surface area contributed by atoms with E-state index in [0.29, 0.717) is 12.0 Å². The molecule has 15 heavy (non-hydrogen) atoms. The molecule has 0 aromatic carbocycles. The normalized spacial score (nSPS) is 15.5. The SMILES string of the molecule is CC(CN)CCN(C)C(C)c1cccs1. The quantitative estimate of drug-likeness (QED) is 0.808. The first-order valence-electron chi connectivity index (χ1n) is 5.58. The highest BCUT2D eigenvalue weighted by Crippen LogP contribution is 2.23. The molecule has 86 valence electrons. The van der Waals surface area contributed by atoms with Gasteiger partial charge in [-0.05, 0) is 50.8 Å². The van der Waals surface area contributed by atoms with Crippen molar-refractivity contribution in [3.63, 3.8) is 0 Å². The van der Waals surface area contributed by atoms with Crippen LogP contribution in [0, 0.1) is 5.92 Å². The van der Waals surface area contributed by atoms with E-state index in [0.717, 1.165) is 13.1 Å². The molecule has 0 aliphatic carbocycles. The van der Waals surface area contributed by atoms with Crippen molar-refractivity contribution in [2.45, 2.75) is 26.3 Å². The first-order chi connectivity index (χ1) is 7.15. The zero-order chi connectivity index (χ0) is 11.3. The Kier molecular flexibility index (Phi) is 5.29. The molecule has 0 saturated heterocycles. The van der Waals surface area contributed by atoms with Gasteiger partial charge in [-0.3, -0.25) is 4.90 Å². The molecule has 2 atom stereocenters. The molecular formula is C12H22N2S. The van der Waals surface area contributed by atoms with Gasteiger partial charge in [-0.1, -0.05) is 13.0 Å². The summed E-state index contributed by atoms with van der Waals surface area (Å²) in [5.74, 6) is 0.628. The molecule has 0 radical (unpaired) electrons. The maximum Gasteiger partial charge on any atom is 0.0410 e. The second kappa shape index (κ2) is 6.26. The van der Waals surface area contributed by atoms with Crippen molar-refractivity contribution in [1.82, 2.24) is 4.90 Å². The van der Waals surface area contributed by atoms with Crippen LogP contribution in [0.1, 0.15) is 31.2 Å². The third-order valence-electron chi connectivity index (χ3n) is 2.99. The van der Waals surface area contributed by atoms with Crippen molar-refractivity contribution in [2.24, 2.45) is 11.7 Å². The molecule has 0 saturated carbocycles. The van der Waals surface area contributed by atoms with E-state index < -0.39 is 0 Å². The lowest BCUT2D eigenvalue weighted by molar-refractivity contribution is 0.247. The van der Waals surface area contributed by atoms with Gasteiger partial charge in [0.2, 0.25) is 0 Å². The number of hydrogen-bond acceptors (Lipinski definition) is 3. The number of thiophene rings is 1. The Morgan fingerprint density at radius 1 is 1.47 bits per heavy atom. The summed E-state index contributed by atoms with van der Waals surface area (Å²) in [5.41, 5.74) is 5.61. The molecule has 0 fully saturated rings. The lowest BCUT2D eigenvalue weighted by Crippen LogP contribution is -2.25. The second-order valence-corrected chi connectivity index (χ2v) is 5.28. The first-order valence-corrected chi connectivity index (χ1v) is 6.46. The summed E-state index contributed by atoms with van der Waals surface area (Å²) in [4.78, 5) is 3.84.